The molecule has 6 nitrogen and oxygen atoms in total. The molecule has 0 spiro atoms. The Bertz CT molecular complexity index is 762. The molecule has 1 saturated heterocycles. The molecule has 138 valence electrons. The average molecular weight is 355 g/mol. The second-order valence-electron chi connectivity index (χ2n) is 8.12. The second kappa shape index (κ2) is 6.17. The lowest BCUT2D eigenvalue weighted by molar-refractivity contribution is -0.137. The summed E-state index contributed by atoms with van der Waals surface area (Å²) in [5.41, 5.74) is 0.192. The Morgan fingerprint density at radius 3 is 2.42 bits per heavy atom. The normalized spacial score (nSPS) is 26.9. The fraction of sp³-hybridized carbons (Fsp3) is 0.600. The van der Waals surface area contributed by atoms with Crippen LogP contribution in [-0.4, -0.2) is 55.1 Å². The number of carbonyl (C=O) groups excluding carboxylic acids is 1. The highest BCUT2D eigenvalue weighted by Crippen LogP contribution is 2.63. The predicted molar refractivity (Wildman–Crippen MR) is 95.7 cm³/mol. The smallest absolute Gasteiger partial charge is 0.243 e. The van der Waals surface area contributed by atoms with Gasteiger partial charge in [-0.2, -0.15) is 5.26 Å². The Balaban J connectivity index is 1.34. The Morgan fingerprint density at radius 1 is 1.15 bits per heavy atom. The summed E-state index contributed by atoms with van der Waals surface area (Å²) in [5, 5.41) is 9.51. The summed E-state index contributed by atoms with van der Waals surface area (Å²) in [7, 11) is 0. The van der Waals surface area contributed by atoms with E-state index >= 15 is 0 Å². The number of carbonyl (C=O) groups is 1. The van der Waals surface area contributed by atoms with Gasteiger partial charge >= 0.3 is 0 Å². The fourth-order valence-corrected chi connectivity index (χ4v) is 4.05. The molecule has 0 bridgehead atoms. The minimum absolute atomic E-state index is 0.0176. The van der Waals surface area contributed by atoms with Crippen LogP contribution >= 0.6 is 0 Å². The highest BCUT2D eigenvalue weighted by molar-refractivity contribution is 5.90. The van der Waals surface area contributed by atoms with Crippen LogP contribution in [0.5, 0.6) is 11.5 Å². The topological polar surface area (TPSA) is 65.8 Å². The molecule has 6 heteroatoms. The van der Waals surface area contributed by atoms with Crippen molar-refractivity contribution in [1.29, 1.82) is 5.26 Å². The van der Waals surface area contributed by atoms with Crippen molar-refractivity contribution in [1.82, 2.24) is 9.80 Å². The molecule has 1 aliphatic carbocycles. The maximum Gasteiger partial charge on any atom is 0.243 e. The van der Waals surface area contributed by atoms with E-state index < -0.39 is 5.41 Å². The molecule has 1 amide bonds. The van der Waals surface area contributed by atoms with Crippen molar-refractivity contribution in [2.45, 2.75) is 26.8 Å². The first-order valence-electron chi connectivity index (χ1n) is 9.27. The zero-order chi connectivity index (χ0) is 18.4. The number of rotatable bonds is 3. The van der Waals surface area contributed by atoms with Gasteiger partial charge in [-0.25, -0.2) is 0 Å². The van der Waals surface area contributed by atoms with Crippen molar-refractivity contribution in [3.63, 3.8) is 0 Å². The van der Waals surface area contributed by atoms with E-state index in [4.69, 9.17) is 9.47 Å². The number of nitriles is 1. The number of benzene rings is 1. The molecule has 1 aromatic carbocycles. The zero-order valence-electron chi connectivity index (χ0n) is 15.5. The highest BCUT2D eigenvalue weighted by atomic mass is 16.6. The molecule has 1 unspecified atom stereocenters. The third kappa shape index (κ3) is 2.80. The van der Waals surface area contributed by atoms with E-state index in [1.54, 1.807) is 0 Å². The number of nitrogens with zero attached hydrogens (tertiary/aromatic N) is 3. The van der Waals surface area contributed by atoms with Crippen LogP contribution in [0.25, 0.3) is 0 Å². The minimum atomic E-state index is -0.801. The number of ether oxygens (including phenoxy) is 2. The van der Waals surface area contributed by atoms with Crippen molar-refractivity contribution in [2.75, 3.05) is 39.4 Å². The van der Waals surface area contributed by atoms with Gasteiger partial charge in [-0.3, -0.25) is 9.69 Å². The summed E-state index contributed by atoms with van der Waals surface area (Å²) in [6, 6.07) is 8.37. The van der Waals surface area contributed by atoms with Crippen molar-refractivity contribution >= 4 is 5.91 Å². The molecule has 3 aliphatic rings. The maximum atomic E-state index is 12.8. The van der Waals surface area contributed by atoms with E-state index in [-0.39, 0.29) is 11.3 Å². The SMILES string of the molecule is CC1(C)CC1(C#N)C(=O)N1CCN(Cc2ccc3c(c2)OCCO3)CC1. The molecule has 1 aromatic rings. The average Bonchev–Trinajstić information content (AvgIpc) is 3.24. The summed E-state index contributed by atoms with van der Waals surface area (Å²) in [6.45, 7) is 9.04. The molecule has 4 rings (SSSR count). The molecule has 2 heterocycles. The Hall–Kier alpha value is -2.26. The van der Waals surface area contributed by atoms with Crippen molar-refractivity contribution in [2.24, 2.45) is 10.8 Å². The Morgan fingerprint density at radius 2 is 1.81 bits per heavy atom. The summed E-state index contributed by atoms with van der Waals surface area (Å²) in [5.74, 6) is 1.64. The van der Waals surface area contributed by atoms with Crippen LogP contribution in [0.3, 0.4) is 0 Å². The van der Waals surface area contributed by atoms with Crippen LogP contribution in [-0.2, 0) is 11.3 Å². The van der Waals surface area contributed by atoms with Crippen LogP contribution in [0.4, 0.5) is 0 Å². The Labute approximate surface area is 154 Å². The number of hydrogen-bond acceptors (Lipinski definition) is 5. The van der Waals surface area contributed by atoms with Crippen LogP contribution in [0, 0.1) is 22.2 Å². The molecule has 2 aliphatic heterocycles. The van der Waals surface area contributed by atoms with E-state index in [1.807, 2.05) is 30.9 Å². The van der Waals surface area contributed by atoms with Gasteiger partial charge in [0.1, 0.15) is 18.6 Å². The van der Waals surface area contributed by atoms with Gasteiger partial charge in [-0.1, -0.05) is 19.9 Å². The van der Waals surface area contributed by atoms with E-state index in [0.717, 1.165) is 31.1 Å². The molecular formula is C20H25N3O3. The van der Waals surface area contributed by atoms with Gasteiger partial charge in [-0.15, -0.1) is 0 Å². The molecular weight excluding hydrogens is 330 g/mol. The van der Waals surface area contributed by atoms with Crippen molar-refractivity contribution in [3.8, 4) is 17.6 Å². The lowest BCUT2D eigenvalue weighted by Gasteiger charge is -2.36. The number of piperazine rings is 1. The molecule has 1 atom stereocenters. The lowest BCUT2D eigenvalue weighted by Crippen LogP contribution is -2.50. The summed E-state index contributed by atoms with van der Waals surface area (Å²) >= 11 is 0. The van der Waals surface area contributed by atoms with Gasteiger partial charge in [0.05, 0.1) is 6.07 Å². The summed E-state index contributed by atoms with van der Waals surface area (Å²) < 4.78 is 11.2. The fourth-order valence-electron chi connectivity index (χ4n) is 4.05. The van der Waals surface area contributed by atoms with Gasteiger partial charge in [0.15, 0.2) is 11.5 Å². The molecule has 26 heavy (non-hydrogen) atoms. The third-order valence-electron chi connectivity index (χ3n) is 5.97. The van der Waals surface area contributed by atoms with E-state index in [1.165, 1.54) is 5.56 Å². The van der Waals surface area contributed by atoms with Crippen LogP contribution in [0.15, 0.2) is 18.2 Å². The molecule has 2 fully saturated rings. The van der Waals surface area contributed by atoms with Crippen LogP contribution < -0.4 is 9.47 Å². The van der Waals surface area contributed by atoms with Crippen molar-refractivity contribution in [3.05, 3.63) is 23.8 Å². The highest BCUT2D eigenvalue weighted by Gasteiger charge is 2.68. The quantitative estimate of drug-likeness (QED) is 0.830. The molecule has 0 radical (unpaired) electrons. The summed E-state index contributed by atoms with van der Waals surface area (Å²) in [6.07, 6.45) is 0.673. The van der Waals surface area contributed by atoms with Gasteiger partial charge < -0.3 is 14.4 Å². The predicted octanol–water partition coefficient (Wildman–Crippen LogP) is 2.04. The Kier molecular flexibility index (Phi) is 4.07. The minimum Gasteiger partial charge on any atom is -0.486 e. The largest absolute Gasteiger partial charge is 0.486 e. The standard InChI is InChI=1S/C20H25N3O3/c1-19(2)13-20(19,14-21)18(24)23-7-5-22(6-8-23)12-15-3-4-16-17(11-15)26-10-9-25-16/h3-4,11H,5-10,12-13H2,1-2H3. The van der Waals surface area contributed by atoms with E-state index in [0.29, 0.717) is 32.7 Å². The molecule has 0 aromatic heterocycles. The van der Waals surface area contributed by atoms with E-state index in [2.05, 4.69) is 17.0 Å². The first-order valence-corrected chi connectivity index (χ1v) is 9.27. The molecule has 0 N–H and O–H groups in total. The second-order valence-corrected chi connectivity index (χ2v) is 8.12. The number of fused-ring (bicyclic) bond motifs is 1. The lowest BCUT2D eigenvalue weighted by atomic mass is 9.95. The summed E-state index contributed by atoms with van der Waals surface area (Å²) in [4.78, 5) is 17.0. The third-order valence-corrected chi connectivity index (χ3v) is 5.97. The van der Waals surface area contributed by atoms with Gasteiger partial charge in [0.2, 0.25) is 5.91 Å². The van der Waals surface area contributed by atoms with Gasteiger partial charge in [0.25, 0.3) is 0 Å². The zero-order valence-corrected chi connectivity index (χ0v) is 15.5. The number of amides is 1. The van der Waals surface area contributed by atoms with Crippen LogP contribution in [0.2, 0.25) is 0 Å². The van der Waals surface area contributed by atoms with E-state index in [9.17, 15) is 10.1 Å². The molecule has 1 saturated carbocycles. The first kappa shape index (κ1) is 17.2. The first-order chi connectivity index (χ1) is 12.4. The maximum absolute atomic E-state index is 12.8. The van der Waals surface area contributed by atoms with Crippen molar-refractivity contribution < 1.29 is 14.3 Å². The number of hydrogen-bond donors (Lipinski definition) is 0. The van der Waals surface area contributed by atoms with Gasteiger partial charge in [-0.05, 0) is 29.5 Å². The monoisotopic (exact) mass is 355 g/mol. The van der Waals surface area contributed by atoms with Gasteiger partial charge in [0, 0.05) is 32.7 Å². The van der Waals surface area contributed by atoms with Crippen LogP contribution in [0.1, 0.15) is 25.8 Å².